The van der Waals surface area contributed by atoms with E-state index in [2.05, 4.69) is 11.4 Å². The molecule has 1 fully saturated rings. The van der Waals surface area contributed by atoms with Crippen molar-refractivity contribution in [2.75, 3.05) is 20.3 Å². The van der Waals surface area contributed by atoms with Gasteiger partial charge in [0.2, 0.25) is 0 Å². The molecule has 0 atom stereocenters. The third-order valence-corrected chi connectivity index (χ3v) is 6.36. The van der Waals surface area contributed by atoms with E-state index in [1.807, 2.05) is 24.3 Å². The van der Waals surface area contributed by atoms with Crippen molar-refractivity contribution in [1.29, 1.82) is 0 Å². The number of carbonyl (C=O) groups is 1. The molecule has 2 aromatic rings. The lowest BCUT2D eigenvalue weighted by molar-refractivity contribution is -0.0946. The lowest BCUT2D eigenvalue weighted by Gasteiger charge is -2.35. The Morgan fingerprint density at radius 1 is 1.26 bits per heavy atom. The summed E-state index contributed by atoms with van der Waals surface area (Å²) >= 11 is 3.46. The first kappa shape index (κ1) is 16.7. The Bertz CT molecular complexity index is 670. The first-order chi connectivity index (χ1) is 11.1. The first-order valence-electron chi connectivity index (χ1n) is 7.64. The van der Waals surface area contributed by atoms with E-state index in [0.717, 1.165) is 36.5 Å². The average molecular weight is 348 g/mol. The van der Waals surface area contributed by atoms with Gasteiger partial charge in [0, 0.05) is 43.6 Å². The van der Waals surface area contributed by atoms with E-state index in [9.17, 15) is 4.79 Å². The molecular formula is C18H20O3S2. The molecule has 1 aromatic heterocycles. The Balaban J connectivity index is 1.75. The zero-order valence-corrected chi connectivity index (χ0v) is 15.0. The Hall–Kier alpha value is -1.14. The van der Waals surface area contributed by atoms with Gasteiger partial charge in [-0.1, -0.05) is 23.9 Å². The minimum Gasteiger partial charge on any atom is -0.381 e. The Morgan fingerprint density at radius 2 is 1.96 bits per heavy atom. The van der Waals surface area contributed by atoms with Gasteiger partial charge < -0.3 is 9.47 Å². The highest BCUT2D eigenvalue weighted by atomic mass is 32.2. The minimum absolute atomic E-state index is 0.0986. The van der Waals surface area contributed by atoms with Gasteiger partial charge in [-0.15, -0.1) is 11.3 Å². The molecule has 0 aliphatic carbocycles. The summed E-state index contributed by atoms with van der Waals surface area (Å²) in [6.07, 6.45) is 1.80. The lowest BCUT2D eigenvalue weighted by Crippen LogP contribution is -2.35. The topological polar surface area (TPSA) is 35.5 Å². The van der Waals surface area contributed by atoms with Gasteiger partial charge in [-0.2, -0.15) is 0 Å². The Kier molecular flexibility index (Phi) is 5.21. The van der Waals surface area contributed by atoms with Gasteiger partial charge >= 0.3 is 0 Å². The molecule has 0 bridgehead atoms. The maximum Gasteiger partial charge on any atom is 0.159 e. The normalized spacial score (nSPS) is 17.1. The smallest absolute Gasteiger partial charge is 0.159 e. The molecule has 122 valence electrons. The number of methoxy groups -OCH3 is 1. The van der Waals surface area contributed by atoms with Crippen LogP contribution in [0.5, 0.6) is 0 Å². The largest absolute Gasteiger partial charge is 0.381 e. The van der Waals surface area contributed by atoms with Gasteiger partial charge in [0.05, 0.1) is 9.81 Å². The summed E-state index contributed by atoms with van der Waals surface area (Å²) in [7, 11) is 1.79. The van der Waals surface area contributed by atoms with Crippen molar-refractivity contribution in [3.8, 4) is 0 Å². The average Bonchev–Trinajstić information content (AvgIpc) is 3.05. The molecule has 1 aliphatic heterocycles. The monoisotopic (exact) mass is 348 g/mol. The quantitative estimate of drug-likeness (QED) is 0.730. The fourth-order valence-electron chi connectivity index (χ4n) is 2.79. The fourth-order valence-corrected chi connectivity index (χ4v) is 4.83. The van der Waals surface area contributed by atoms with Crippen molar-refractivity contribution >= 4 is 28.9 Å². The minimum atomic E-state index is -0.202. The van der Waals surface area contributed by atoms with Crippen LogP contribution in [-0.2, 0) is 15.1 Å². The van der Waals surface area contributed by atoms with Crippen LogP contribution in [0.4, 0.5) is 0 Å². The van der Waals surface area contributed by atoms with Crippen LogP contribution in [0.3, 0.4) is 0 Å². The lowest BCUT2D eigenvalue weighted by atomic mass is 9.88. The predicted octanol–water partition coefficient (Wildman–Crippen LogP) is 4.75. The highest BCUT2D eigenvalue weighted by molar-refractivity contribution is 8.01. The highest BCUT2D eigenvalue weighted by Crippen LogP contribution is 2.41. The number of thiophene rings is 1. The van der Waals surface area contributed by atoms with Crippen molar-refractivity contribution in [2.45, 2.75) is 34.5 Å². The summed E-state index contributed by atoms with van der Waals surface area (Å²) < 4.78 is 12.6. The van der Waals surface area contributed by atoms with E-state index >= 15 is 0 Å². The molecule has 0 radical (unpaired) electrons. The molecule has 0 N–H and O–H groups in total. The van der Waals surface area contributed by atoms with Gasteiger partial charge in [0.25, 0.3) is 0 Å². The molecule has 0 spiro atoms. The zero-order chi connectivity index (χ0) is 16.3. The highest BCUT2D eigenvalue weighted by Gasteiger charge is 2.35. The maximum atomic E-state index is 11.3. The van der Waals surface area contributed by atoms with Crippen LogP contribution in [0, 0.1) is 0 Å². The van der Waals surface area contributed by atoms with Gasteiger partial charge in [-0.05, 0) is 36.1 Å². The summed E-state index contributed by atoms with van der Waals surface area (Å²) in [6.45, 7) is 3.09. The van der Waals surface area contributed by atoms with Crippen LogP contribution in [0.25, 0.3) is 0 Å². The number of benzene rings is 1. The molecule has 1 saturated heterocycles. The van der Waals surface area contributed by atoms with Crippen molar-refractivity contribution < 1.29 is 14.3 Å². The van der Waals surface area contributed by atoms with Crippen LogP contribution in [-0.4, -0.2) is 26.1 Å². The van der Waals surface area contributed by atoms with Crippen LogP contribution < -0.4 is 0 Å². The SMILES string of the molecule is COC1(c2csc(Sc3ccc(C(C)=O)cc3)c2)CCOCC1. The fraction of sp³-hybridized carbons (Fsp3) is 0.389. The number of carbonyl (C=O) groups excluding carboxylic acids is 1. The van der Waals surface area contributed by atoms with E-state index < -0.39 is 0 Å². The van der Waals surface area contributed by atoms with Crippen LogP contribution in [0.2, 0.25) is 0 Å². The molecule has 3 nitrogen and oxygen atoms in total. The molecule has 2 heterocycles. The third kappa shape index (κ3) is 3.69. The Labute approximate surface area is 145 Å². The number of hydrogen-bond acceptors (Lipinski definition) is 5. The van der Waals surface area contributed by atoms with Crippen LogP contribution >= 0.6 is 23.1 Å². The number of Topliss-reactive ketones (excluding diaryl/α,β-unsaturated/α-hetero) is 1. The predicted molar refractivity (Wildman–Crippen MR) is 93.6 cm³/mol. The second-order valence-electron chi connectivity index (χ2n) is 5.65. The number of ketones is 1. The van der Waals surface area contributed by atoms with Gasteiger partial charge in [-0.3, -0.25) is 4.79 Å². The van der Waals surface area contributed by atoms with Gasteiger partial charge in [0.1, 0.15) is 0 Å². The standard InChI is InChI=1S/C18H20O3S2/c1-13(19)14-3-5-16(6-4-14)23-17-11-15(12-22-17)18(20-2)7-9-21-10-8-18/h3-6,11-12H,7-10H2,1-2H3. The second-order valence-corrected chi connectivity index (χ2v) is 7.93. The molecule has 0 unspecified atom stereocenters. The third-order valence-electron chi connectivity index (χ3n) is 4.27. The molecule has 1 aromatic carbocycles. The van der Waals surface area contributed by atoms with E-state index in [4.69, 9.17) is 9.47 Å². The van der Waals surface area contributed by atoms with E-state index in [1.165, 1.54) is 9.77 Å². The van der Waals surface area contributed by atoms with Crippen molar-refractivity contribution in [2.24, 2.45) is 0 Å². The molecule has 3 rings (SSSR count). The summed E-state index contributed by atoms with van der Waals surface area (Å²) in [5, 5.41) is 2.20. The van der Waals surface area contributed by atoms with Crippen LogP contribution in [0.15, 0.2) is 44.8 Å². The molecule has 5 heteroatoms. The van der Waals surface area contributed by atoms with Gasteiger partial charge in [-0.25, -0.2) is 0 Å². The summed E-state index contributed by atoms with van der Waals surface area (Å²) in [5.74, 6) is 0.0986. The Morgan fingerprint density at radius 3 is 2.57 bits per heavy atom. The molecular weight excluding hydrogens is 328 g/mol. The first-order valence-corrected chi connectivity index (χ1v) is 9.33. The zero-order valence-electron chi connectivity index (χ0n) is 13.3. The number of rotatable bonds is 5. The van der Waals surface area contributed by atoms with E-state index in [0.29, 0.717) is 0 Å². The molecule has 0 saturated carbocycles. The maximum absolute atomic E-state index is 11.3. The van der Waals surface area contributed by atoms with Crippen molar-refractivity contribution in [1.82, 2.24) is 0 Å². The van der Waals surface area contributed by atoms with Gasteiger partial charge in [0.15, 0.2) is 5.78 Å². The summed E-state index contributed by atoms with van der Waals surface area (Å²) in [6, 6.07) is 9.99. The van der Waals surface area contributed by atoms with E-state index in [1.54, 1.807) is 37.1 Å². The second kappa shape index (κ2) is 7.18. The summed E-state index contributed by atoms with van der Waals surface area (Å²) in [5.41, 5.74) is 1.80. The number of hydrogen-bond donors (Lipinski definition) is 0. The molecule has 23 heavy (non-hydrogen) atoms. The number of ether oxygens (including phenoxy) is 2. The molecule has 1 aliphatic rings. The van der Waals surface area contributed by atoms with E-state index in [-0.39, 0.29) is 11.4 Å². The van der Waals surface area contributed by atoms with Crippen LogP contribution in [0.1, 0.15) is 35.7 Å². The summed E-state index contributed by atoms with van der Waals surface area (Å²) in [4.78, 5) is 12.5. The molecule has 0 amide bonds. The van der Waals surface area contributed by atoms with Crippen molar-refractivity contribution in [3.63, 3.8) is 0 Å². The van der Waals surface area contributed by atoms with Crippen molar-refractivity contribution in [3.05, 3.63) is 46.8 Å².